The zero-order valence-electron chi connectivity index (χ0n) is 12.5. The lowest BCUT2D eigenvalue weighted by atomic mass is 10.1. The highest BCUT2D eigenvalue weighted by Gasteiger charge is 2.41. The van der Waals surface area contributed by atoms with Crippen molar-refractivity contribution in [2.75, 3.05) is 0 Å². The zero-order valence-corrected chi connectivity index (χ0v) is 15.7. The van der Waals surface area contributed by atoms with Crippen molar-refractivity contribution in [3.8, 4) is 5.00 Å². The minimum atomic E-state index is -3.50. The molecule has 1 saturated carbocycles. The molecule has 1 N–H and O–H groups in total. The summed E-state index contributed by atoms with van der Waals surface area (Å²) in [7, 11) is -3.50. The molecule has 5 nitrogen and oxygen atoms in total. The molecule has 0 bridgehead atoms. The van der Waals surface area contributed by atoms with Crippen molar-refractivity contribution >= 4 is 37.3 Å². The lowest BCUT2D eigenvalue weighted by Gasteiger charge is -2.04. The number of aromatic nitrogens is 2. The lowest BCUT2D eigenvalue weighted by molar-refractivity contribution is 0.582. The Morgan fingerprint density at radius 2 is 2.00 bits per heavy atom. The molecule has 24 heavy (non-hydrogen) atoms. The average Bonchev–Trinajstić information content (AvgIpc) is 2.98. The fourth-order valence-corrected chi connectivity index (χ4v) is 5.47. The summed E-state index contributed by atoms with van der Waals surface area (Å²) in [5.74, 6) is 0.266. The number of sulfonamides is 1. The molecule has 0 saturated heterocycles. The van der Waals surface area contributed by atoms with Crippen LogP contribution in [0, 0.1) is 0 Å². The van der Waals surface area contributed by atoms with E-state index in [0.29, 0.717) is 4.21 Å². The topological polar surface area (TPSA) is 64.0 Å². The van der Waals surface area contributed by atoms with Crippen LogP contribution in [0.2, 0.25) is 0 Å². The van der Waals surface area contributed by atoms with E-state index in [1.807, 2.05) is 30.3 Å². The molecule has 2 atom stereocenters. The van der Waals surface area contributed by atoms with Gasteiger partial charge in [0, 0.05) is 18.2 Å². The summed E-state index contributed by atoms with van der Waals surface area (Å²) in [6.45, 7) is 0. The van der Waals surface area contributed by atoms with E-state index >= 15 is 0 Å². The second-order valence-corrected chi connectivity index (χ2v) is 9.60. The van der Waals surface area contributed by atoms with Crippen LogP contribution in [-0.2, 0) is 10.0 Å². The number of rotatable bonds is 5. The molecule has 4 rings (SSSR count). The van der Waals surface area contributed by atoms with Gasteiger partial charge in [-0.1, -0.05) is 30.3 Å². The molecule has 2 heterocycles. The van der Waals surface area contributed by atoms with Crippen LogP contribution >= 0.6 is 27.3 Å². The van der Waals surface area contributed by atoms with Crippen LogP contribution in [0.25, 0.3) is 5.00 Å². The van der Waals surface area contributed by atoms with E-state index in [1.54, 1.807) is 29.2 Å². The average molecular weight is 424 g/mol. The summed E-state index contributed by atoms with van der Waals surface area (Å²) in [4.78, 5) is 0. The van der Waals surface area contributed by atoms with Gasteiger partial charge in [-0.05, 0) is 40.0 Å². The molecule has 0 amide bonds. The number of hydrogen-bond acceptors (Lipinski definition) is 4. The molecule has 0 spiro atoms. The smallest absolute Gasteiger partial charge is 0.230 e. The van der Waals surface area contributed by atoms with Gasteiger partial charge in [0.2, 0.25) is 10.0 Å². The molecule has 0 aliphatic heterocycles. The molecule has 8 heteroatoms. The van der Waals surface area contributed by atoms with E-state index in [4.69, 9.17) is 0 Å². The molecule has 1 aliphatic rings. The van der Waals surface area contributed by atoms with Gasteiger partial charge >= 0.3 is 0 Å². The Hall–Kier alpha value is -1.48. The third-order valence-electron chi connectivity index (χ3n) is 3.93. The standard InChI is InChI=1S/C16H14BrN3O2S2/c17-12-9-18-20(10-12)15-6-7-16(23-15)24(21,22)19-14-8-13(14)11-4-2-1-3-5-11/h1-7,9-10,13-14,19H,8H2/t13-,14+/m1/s1. The molecule has 2 aromatic heterocycles. The van der Waals surface area contributed by atoms with Gasteiger partial charge in [-0.3, -0.25) is 0 Å². The first kappa shape index (κ1) is 16.0. The highest BCUT2D eigenvalue weighted by atomic mass is 79.9. The molecular formula is C16H14BrN3O2S2. The number of halogens is 1. The van der Waals surface area contributed by atoms with Gasteiger partial charge in [0.25, 0.3) is 0 Å². The van der Waals surface area contributed by atoms with Crippen LogP contribution in [0.5, 0.6) is 0 Å². The van der Waals surface area contributed by atoms with E-state index in [1.165, 1.54) is 16.9 Å². The van der Waals surface area contributed by atoms with Crippen LogP contribution in [0.15, 0.2) is 63.5 Å². The molecular weight excluding hydrogens is 410 g/mol. The second-order valence-electron chi connectivity index (χ2n) is 5.68. The maximum absolute atomic E-state index is 12.6. The van der Waals surface area contributed by atoms with Gasteiger partial charge in [0.05, 0.1) is 10.7 Å². The predicted octanol–water partition coefficient (Wildman–Crippen LogP) is 3.53. The summed E-state index contributed by atoms with van der Waals surface area (Å²) in [6, 6.07) is 13.4. The van der Waals surface area contributed by atoms with E-state index in [0.717, 1.165) is 15.9 Å². The first-order valence-corrected chi connectivity index (χ1v) is 10.5. The Morgan fingerprint density at radius 1 is 1.21 bits per heavy atom. The summed E-state index contributed by atoms with van der Waals surface area (Å²) >= 11 is 4.54. The van der Waals surface area contributed by atoms with Crippen molar-refractivity contribution < 1.29 is 8.42 Å². The van der Waals surface area contributed by atoms with Crippen molar-refractivity contribution in [3.05, 3.63) is 64.9 Å². The predicted molar refractivity (Wildman–Crippen MR) is 97.1 cm³/mol. The van der Waals surface area contributed by atoms with Gasteiger partial charge in [-0.15, -0.1) is 11.3 Å². The van der Waals surface area contributed by atoms with Crippen LogP contribution in [0.3, 0.4) is 0 Å². The Balaban J connectivity index is 1.49. The number of benzene rings is 1. The summed E-state index contributed by atoms with van der Waals surface area (Å²) in [6.07, 6.45) is 4.30. The first-order chi connectivity index (χ1) is 11.5. The van der Waals surface area contributed by atoms with E-state index in [9.17, 15) is 8.42 Å². The lowest BCUT2D eigenvalue weighted by Crippen LogP contribution is -2.26. The summed E-state index contributed by atoms with van der Waals surface area (Å²) < 4.78 is 30.8. The highest BCUT2D eigenvalue weighted by molar-refractivity contribution is 9.10. The van der Waals surface area contributed by atoms with Crippen LogP contribution in [0.1, 0.15) is 17.9 Å². The van der Waals surface area contributed by atoms with Gasteiger partial charge in [-0.2, -0.15) is 5.10 Å². The van der Waals surface area contributed by atoms with Gasteiger partial charge in [-0.25, -0.2) is 17.8 Å². The van der Waals surface area contributed by atoms with Crippen LogP contribution in [0.4, 0.5) is 0 Å². The van der Waals surface area contributed by atoms with Crippen molar-refractivity contribution in [2.24, 2.45) is 0 Å². The number of hydrogen-bond donors (Lipinski definition) is 1. The maximum Gasteiger partial charge on any atom is 0.250 e. The van der Waals surface area contributed by atoms with Crippen molar-refractivity contribution in [2.45, 2.75) is 22.6 Å². The Bertz CT molecular complexity index is 966. The van der Waals surface area contributed by atoms with Gasteiger partial charge in [0.1, 0.15) is 9.21 Å². The SMILES string of the molecule is O=S(=O)(N[C@H]1C[C@@H]1c1ccccc1)c1ccc(-n2cc(Br)cn2)s1. The van der Waals surface area contributed by atoms with Crippen LogP contribution in [-0.4, -0.2) is 24.2 Å². The monoisotopic (exact) mass is 423 g/mol. The summed E-state index contributed by atoms with van der Waals surface area (Å²) in [5.41, 5.74) is 1.18. The fourth-order valence-electron chi connectivity index (χ4n) is 2.65. The largest absolute Gasteiger partial charge is 0.250 e. The minimum absolute atomic E-state index is 0.0261. The Labute approximate surface area is 152 Å². The van der Waals surface area contributed by atoms with E-state index in [-0.39, 0.29) is 12.0 Å². The molecule has 1 aromatic carbocycles. The van der Waals surface area contributed by atoms with Crippen molar-refractivity contribution in [1.82, 2.24) is 14.5 Å². The maximum atomic E-state index is 12.6. The fraction of sp³-hybridized carbons (Fsp3) is 0.188. The van der Waals surface area contributed by atoms with Gasteiger partial charge < -0.3 is 0 Å². The third-order valence-corrected chi connectivity index (χ3v) is 7.40. The minimum Gasteiger partial charge on any atom is -0.230 e. The molecule has 0 unspecified atom stereocenters. The number of thiophene rings is 1. The molecule has 3 aromatic rings. The van der Waals surface area contributed by atoms with Gasteiger partial charge in [0.15, 0.2) is 0 Å². The third kappa shape index (κ3) is 3.19. The normalized spacial score (nSPS) is 20.2. The highest BCUT2D eigenvalue weighted by Crippen LogP contribution is 2.41. The van der Waals surface area contributed by atoms with E-state index < -0.39 is 10.0 Å². The number of nitrogens with zero attached hydrogens (tertiary/aromatic N) is 2. The molecule has 124 valence electrons. The molecule has 1 aliphatic carbocycles. The van der Waals surface area contributed by atoms with Crippen LogP contribution < -0.4 is 4.72 Å². The summed E-state index contributed by atoms with van der Waals surface area (Å²) in [5, 5.41) is 4.93. The molecule has 1 fully saturated rings. The first-order valence-electron chi connectivity index (χ1n) is 7.40. The quantitative estimate of drug-likeness (QED) is 0.682. The number of nitrogens with one attached hydrogen (secondary N) is 1. The molecule has 0 radical (unpaired) electrons. The second kappa shape index (κ2) is 6.11. The van der Waals surface area contributed by atoms with Crippen molar-refractivity contribution in [1.29, 1.82) is 0 Å². The van der Waals surface area contributed by atoms with E-state index in [2.05, 4.69) is 25.8 Å². The Morgan fingerprint density at radius 3 is 2.71 bits per heavy atom. The zero-order chi connectivity index (χ0) is 16.7. The van der Waals surface area contributed by atoms with Crippen molar-refractivity contribution in [3.63, 3.8) is 0 Å². The Kier molecular flexibility index (Phi) is 4.07.